The van der Waals surface area contributed by atoms with E-state index in [-0.39, 0.29) is 74.4 Å². The molecule has 0 saturated carbocycles. The number of aromatic amines is 1. The van der Waals surface area contributed by atoms with E-state index in [1.165, 1.54) is 6.20 Å². The number of ketones is 1. The van der Waals surface area contributed by atoms with Crippen LogP contribution in [0.5, 0.6) is 5.75 Å². The minimum Gasteiger partial charge on any atom is -0.491 e. The van der Waals surface area contributed by atoms with Gasteiger partial charge in [-0.2, -0.15) is 12.7 Å². The van der Waals surface area contributed by atoms with Gasteiger partial charge >= 0.3 is 10.2 Å². The van der Waals surface area contributed by atoms with Gasteiger partial charge in [0.2, 0.25) is 23.5 Å². The Morgan fingerprint density at radius 1 is 0.905 bits per heavy atom. The largest absolute Gasteiger partial charge is 0.491 e. The number of carbonyl (C=O) groups is 4. The molecule has 22 heteroatoms. The van der Waals surface area contributed by atoms with Gasteiger partial charge in [0.05, 0.1) is 47.2 Å². The number of amides is 3. The monoisotopic (exact) mass is 1060 g/mol. The second kappa shape index (κ2) is 23.2. The van der Waals surface area contributed by atoms with Crippen LogP contribution in [0.15, 0.2) is 84.6 Å². The molecule has 1 unspecified atom stereocenters. The topological polar surface area (TPSA) is 214 Å². The third-order valence-corrected chi connectivity index (χ3v) is 15.2. The third-order valence-electron chi connectivity index (χ3n) is 12.7. The van der Waals surface area contributed by atoms with Crippen LogP contribution in [0, 0.1) is 24.0 Å². The summed E-state index contributed by atoms with van der Waals surface area (Å²) in [5.41, 5.74) is 3.90. The van der Waals surface area contributed by atoms with Gasteiger partial charge in [0, 0.05) is 55.1 Å². The Balaban J connectivity index is 0.761. The summed E-state index contributed by atoms with van der Waals surface area (Å²) in [6.07, 6.45) is 2.62. The van der Waals surface area contributed by atoms with Gasteiger partial charge < -0.3 is 34.7 Å². The molecule has 3 atom stereocenters. The molecule has 0 spiro atoms. The number of halogens is 3. The lowest BCUT2D eigenvalue weighted by atomic mass is 9.85. The highest BCUT2D eigenvalue weighted by Crippen LogP contribution is 2.32. The first-order valence-electron chi connectivity index (χ1n) is 24.1. The number of anilines is 1. The van der Waals surface area contributed by atoms with Crippen LogP contribution < -0.4 is 20.1 Å². The summed E-state index contributed by atoms with van der Waals surface area (Å²) in [5, 5.41) is 6.09. The van der Waals surface area contributed by atoms with Gasteiger partial charge in [-0.1, -0.05) is 57.2 Å². The second-order valence-corrected chi connectivity index (χ2v) is 21.6. The first-order chi connectivity index (χ1) is 35.4. The van der Waals surface area contributed by atoms with Gasteiger partial charge in [-0.15, -0.1) is 11.3 Å². The number of fused-ring (bicyclic) bond motifs is 1. The van der Waals surface area contributed by atoms with Crippen LogP contribution in [-0.2, 0) is 40.6 Å². The van der Waals surface area contributed by atoms with Crippen molar-refractivity contribution < 1.29 is 55.0 Å². The number of rotatable bonds is 21. The van der Waals surface area contributed by atoms with Crippen LogP contribution in [-0.4, -0.2) is 127 Å². The molecule has 0 bridgehead atoms. The number of hydrogen-bond donors (Lipinski definition) is 4. The molecule has 3 amide bonds. The number of alkyl halides is 1. The highest BCUT2D eigenvalue weighted by Gasteiger charge is 2.42. The van der Waals surface area contributed by atoms with E-state index in [0.717, 1.165) is 38.1 Å². The molecule has 6 aromatic rings. The Hall–Kier alpha value is -6.72. The first kappa shape index (κ1) is 53.6. The molecule has 2 aliphatic rings. The molecule has 17 nitrogen and oxygen atoms in total. The number of nitrogens with one attached hydrogen (secondary N) is 4. The van der Waals surface area contributed by atoms with Gasteiger partial charge in [-0.25, -0.2) is 23.1 Å². The maximum atomic E-state index is 15.7. The smallest absolute Gasteiger partial charge is 0.301 e. The van der Waals surface area contributed by atoms with Gasteiger partial charge in [-0.05, 0) is 78.6 Å². The van der Waals surface area contributed by atoms with Crippen molar-refractivity contribution in [2.75, 3.05) is 57.4 Å². The molecule has 3 aromatic heterocycles. The first-order valence-corrected chi connectivity index (χ1v) is 26.4. The Morgan fingerprint density at radius 3 is 2.34 bits per heavy atom. The summed E-state index contributed by atoms with van der Waals surface area (Å²) in [5.74, 6) is -4.20. The number of benzene rings is 3. The summed E-state index contributed by atoms with van der Waals surface area (Å²) in [4.78, 5) is 68.3. The molecule has 8 rings (SSSR count). The zero-order valence-electron chi connectivity index (χ0n) is 41.2. The molecule has 5 heterocycles. The second-order valence-electron chi connectivity index (χ2n) is 19.1. The molecule has 2 saturated heterocycles. The summed E-state index contributed by atoms with van der Waals surface area (Å²) in [6.45, 7) is 8.09. The fourth-order valence-electron chi connectivity index (χ4n) is 8.76. The maximum absolute atomic E-state index is 15.7. The molecule has 74 heavy (non-hydrogen) atoms. The lowest BCUT2D eigenvalue weighted by molar-refractivity contribution is -0.144. The van der Waals surface area contributed by atoms with E-state index >= 15 is 8.78 Å². The average Bonchev–Trinajstić information content (AvgIpc) is 4.22. The van der Waals surface area contributed by atoms with E-state index in [1.807, 2.05) is 62.2 Å². The van der Waals surface area contributed by atoms with E-state index in [1.54, 1.807) is 52.8 Å². The lowest BCUT2D eigenvalue weighted by Gasteiger charge is -2.35. The van der Waals surface area contributed by atoms with E-state index in [9.17, 15) is 32.0 Å². The van der Waals surface area contributed by atoms with Gasteiger partial charge in [0.25, 0.3) is 0 Å². The molecule has 3 aromatic carbocycles. The number of nitrogens with zero attached hydrogens (tertiary/aromatic N) is 4. The molecule has 0 radical (unpaired) electrons. The molecule has 4 N–H and O–H groups in total. The Bertz CT molecular complexity index is 3110. The minimum absolute atomic E-state index is 0.0159. The van der Waals surface area contributed by atoms with E-state index < -0.39 is 75.0 Å². The van der Waals surface area contributed by atoms with Crippen molar-refractivity contribution in [3.63, 3.8) is 0 Å². The molecular formula is C52H57F3N8O9S2. The van der Waals surface area contributed by atoms with Gasteiger partial charge in [0.15, 0.2) is 5.82 Å². The van der Waals surface area contributed by atoms with E-state index in [2.05, 4.69) is 25.6 Å². The number of carbonyl (C=O) groups excluding carboxylic acids is 4. The number of aromatic nitrogens is 3. The lowest BCUT2D eigenvalue weighted by Crippen LogP contribution is -2.58. The number of aryl methyl sites for hydroxylation is 1. The minimum atomic E-state index is -4.38. The predicted octanol–water partition coefficient (Wildman–Crippen LogP) is 7.12. The molecule has 2 aliphatic heterocycles. The predicted molar refractivity (Wildman–Crippen MR) is 272 cm³/mol. The fourth-order valence-corrected chi connectivity index (χ4v) is 10.8. The summed E-state index contributed by atoms with van der Waals surface area (Å²) < 4.78 is 89.9. The quantitative estimate of drug-likeness (QED) is 0.0421. The van der Waals surface area contributed by atoms with Crippen molar-refractivity contribution in [1.29, 1.82) is 0 Å². The number of pyridine rings is 1. The van der Waals surface area contributed by atoms with Crippen molar-refractivity contribution >= 4 is 61.8 Å². The van der Waals surface area contributed by atoms with Crippen molar-refractivity contribution in [2.24, 2.45) is 5.41 Å². The van der Waals surface area contributed by atoms with Crippen LogP contribution in [0.1, 0.15) is 67.2 Å². The standard InChI is InChI=1S/C52H57F3N8O9S2/c1-31-47(73-30-59-31)34-9-7-32(8-10-34)25-58-50(66)42-6-5-18-63(42)51(67)48(52(2,3)4)60-43(64)29-71-21-20-70-22-23-72-37-13-11-33(12-14-37)35-24-38-39(27-57-49(38)56-26-35)46(65)44-40(54)15-16-41(45(44)55)61-74(68,69)62-19-17-36(53)28-62/h7-16,24,26-27,30,36,42,48,61H,5-6,17-23,25,28-29H2,1-4H3,(H,56,57)(H,58,66)(H,60,64)/t36-,42+,48?/m1/s1. The number of H-pyrrole nitrogens is 1. The number of hydrogen-bond acceptors (Lipinski definition) is 12. The third kappa shape index (κ3) is 12.6. The van der Waals surface area contributed by atoms with Crippen molar-refractivity contribution in [3.05, 3.63) is 119 Å². The van der Waals surface area contributed by atoms with Crippen LogP contribution in [0.3, 0.4) is 0 Å². The van der Waals surface area contributed by atoms with Gasteiger partial charge in [0.1, 0.15) is 48.7 Å². The fraction of sp³-hybridized carbons (Fsp3) is 0.385. The van der Waals surface area contributed by atoms with Crippen LogP contribution in [0.4, 0.5) is 18.9 Å². The Kier molecular flexibility index (Phi) is 16.8. The average molecular weight is 1060 g/mol. The summed E-state index contributed by atoms with van der Waals surface area (Å²) in [7, 11) is -4.38. The molecule has 2 fully saturated rings. The number of likely N-dealkylation sites (tertiary alicyclic amines) is 1. The van der Waals surface area contributed by atoms with Crippen molar-refractivity contribution in [1.82, 2.24) is 34.8 Å². The van der Waals surface area contributed by atoms with E-state index in [4.69, 9.17) is 14.2 Å². The molecular weight excluding hydrogens is 1000 g/mol. The van der Waals surface area contributed by atoms with E-state index in [0.29, 0.717) is 42.8 Å². The normalized spacial score (nSPS) is 16.6. The molecule has 0 aliphatic carbocycles. The van der Waals surface area contributed by atoms with Gasteiger partial charge in [-0.3, -0.25) is 23.9 Å². The number of ether oxygens (including phenoxy) is 3. The Labute approximate surface area is 430 Å². The zero-order valence-corrected chi connectivity index (χ0v) is 42.8. The summed E-state index contributed by atoms with van der Waals surface area (Å²) in [6, 6.07) is 16.6. The highest BCUT2D eigenvalue weighted by molar-refractivity contribution is 7.90. The summed E-state index contributed by atoms with van der Waals surface area (Å²) >= 11 is 1.58. The Morgan fingerprint density at radius 2 is 1.64 bits per heavy atom. The maximum Gasteiger partial charge on any atom is 0.301 e. The van der Waals surface area contributed by atoms with Crippen molar-refractivity contribution in [2.45, 2.75) is 71.8 Å². The van der Waals surface area contributed by atoms with Crippen LogP contribution >= 0.6 is 11.3 Å². The van der Waals surface area contributed by atoms with Crippen molar-refractivity contribution in [3.8, 4) is 27.3 Å². The molecule has 392 valence electrons. The van der Waals surface area contributed by atoms with Crippen LogP contribution in [0.2, 0.25) is 0 Å². The SMILES string of the molecule is Cc1ncsc1-c1ccc(CNC(=O)[C@@H]2CCCN2C(=O)C(NC(=O)COCCOCCOc2ccc(-c3cnc4[nH]cc(C(=O)c5c(F)ccc(NS(=O)(=O)N6CC[C@@H](F)C6)c5F)c4c3)cc2)C(C)(C)C)cc1. The van der Waals surface area contributed by atoms with Crippen LogP contribution in [0.25, 0.3) is 32.6 Å². The number of thiazole rings is 1. The zero-order chi connectivity index (χ0) is 52.7. The highest BCUT2D eigenvalue weighted by atomic mass is 32.2.